The summed E-state index contributed by atoms with van der Waals surface area (Å²) in [6, 6.07) is 22.2. The highest BCUT2D eigenvalue weighted by Crippen LogP contribution is 2.38. The van der Waals surface area contributed by atoms with Crippen LogP contribution in [0.25, 0.3) is 0 Å². The highest BCUT2D eigenvalue weighted by Gasteiger charge is 2.48. The number of aliphatic hydroxyl groups excluding tert-OH is 1. The van der Waals surface area contributed by atoms with Crippen molar-refractivity contribution < 1.29 is 52.0 Å². The molecule has 12 nitrogen and oxygen atoms in total. The van der Waals surface area contributed by atoms with Gasteiger partial charge in [0, 0.05) is 32.5 Å². The molecular formula is C47H77NO11Si2. The lowest BCUT2D eigenvalue weighted by atomic mass is 9.81. The van der Waals surface area contributed by atoms with E-state index in [-0.39, 0.29) is 19.8 Å². The van der Waals surface area contributed by atoms with Crippen LogP contribution in [0, 0.1) is 5.41 Å². The summed E-state index contributed by atoms with van der Waals surface area (Å²) in [6.45, 7) is 21.6. The standard InChI is InChI=1S/C47H77NO11Si2/c1-13-47(8,9)44(55-32-36-25-27-38(53-11)28-26-36)43(59-61(17-5,18-6)19-7)41(54-12)31-39(58-60(14-2,15-3)16-4)30-40(49)42(57-34-52-10)45(50)48-37(33-56-46(48)51)29-35-23-21-20-22-24-35/h13,20-28,37,39-44,49H,1,14-19,29-34H2,2-12H3/t37-,39-,40+,41+,42-,43+,44+/m0/s1. The van der Waals surface area contributed by atoms with Crippen molar-refractivity contribution in [3.63, 3.8) is 0 Å². The molecule has 2 amide bonds. The van der Waals surface area contributed by atoms with Crippen LogP contribution in [-0.4, -0.2) is 116 Å². The Bertz CT molecular complexity index is 1570. The van der Waals surface area contributed by atoms with Gasteiger partial charge in [0.05, 0.1) is 50.3 Å². The first kappa shape index (κ1) is 52.4. The predicted octanol–water partition coefficient (Wildman–Crippen LogP) is 9.31. The molecular weight excluding hydrogens is 811 g/mol. The lowest BCUT2D eigenvalue weighted by Gasteiger charge is -2.46. The molecule has 0 aromatic heterocycles. The van der Waals surface area contributed by atoms with Crippen molar-refractivity contribution in [1.82, 2.24) is 4.90 Å². The van der Waals surface area contributed by atoms with Crippen LogP contribution in [-0.2, 0) is 50.4 Å². The number of nitrogens with zero attached hydrogens (tertiary/aromatic N) is 1. The van der Waals surface area contributed by atoms with Crippen molar-refractivity contribution in [3.05, 3.63) is 78.4 Å². The highest BCUT2D eigenvalue weighted by atomic mass is 28.4. The van der Waals surface area contributed by atoms with Crippen molar-refractivity contribution >= 4 is 28.6 Å². The van der Waals surface area contributed by atoms with E-state index in [1.54, 1.807) is 14.2 Å². The highest BCUT2D eigenvalue weighted by molar-refractivity contribution is 6.74. The molecule has 1 fully saturated rings. The van der Waals surface area contributed by atoms with E-state index in [0.717, 1.165) is 58.0 Å². The maximum atomic E-state index is 14.4. The number of methoxy groups -OCH3 is 3. The minimum Gasteiger partial charge on any atom is -0.497 e. The first-order valence-corrected chi connectivity index (χ1v) is 27.3. The molecule has 14 heteroatoms. The van der Waals surface area contributed by atoms with E-state index in [2.05, 4.69) is 62.0 Å². The molecule has 2 aromatic carbocycles. The Balaban J connectivity index is 2.10. The second-order valence-corrected chi connectivity index (χ2v) is 26.3. The van der Waals surface area contributed by atoms with Gasteiger partial charge in [-0.3, -0.25) is 4.79 Å². The number of cyclic esters (lactones) is 1. The molecule has 0 bridgehead atoms. The third-order valence-corrected chi connectivity index (χ3v) is 22.3. The average Bonchev–Trinajstić information content (AvgIpc) is 3.65. The zero-order valence-corrected chi connectivity index (χ0v) is 41.0. The van der Waals surface area contributed by atoms with E-state index >= 15 is 0 Å². The number of carbonyl (C=O) groups excluding carboxylic acids is 2. The number of benzene rings is 2. The van der Waals surface area contributed by atoms with Crippen molar-refractivity contribution in [3.8, 4) is 5.75 Å². The van der Waals surface area contributed by atoms with Crippen molar-refractivity contribution in [1.29, 1.82) is 0 Å². The maximum absolute atomic E-state index is 14.4. The van der Waals surface area contributed by atoms with Crippen LogP contribution in [0.4, 0.5) is 4.79 Å². The molecule has 1 aliphatic rings. The molecule has 3 rings (SSSR count). The fraction of sp³-hybridized carbons (Fsp3) is 0.660. The lowest BCUT2D eigenvalue weighted by Crippen LogP contribution is -2.56. The molecule has 0 spiro atoms. The van der Waals surface area contributed by atoms with Gasteiger partial charge in [-0.25, -0.2) is 9.69 Å². The Kier molecular flexibility index (Phi) is 21.8. The zero-order chi connectivity index (χ0) is 45.2. The molecule has 7 atom stereocenters. The largest absolute Gasteiger partial charge is 0.497 e. The summed E-state index contributed by atoms with van der Waals surface area (Å²) in [5.74, 6) is 0.0746. The summed E-state index contributed by atoms with van der Waals surface area (Å²) >= 11 is 0. The summed E-state index contributed by atoms with van der Waals surface area (Å²) in [4.78, 5) is 28.7. The minimum atomic E-state index is -2.34. The third kappa shape index (κ3) is 14.3. The Morgan fingerprint density at radius 1 is 0.869 bits per heavy atom. The van der Waals surface area contributed by atoms with Crippen LogP contribution in [0.15, 0.2) is 67.3 Å². The van der Waals surface area contributed by atoms with E-state index in [1.165, 1.54) is 7.11 Å². The zero-order valence-electron chi connectivity index (χ0n) is 39.0. The summed E-state index contributed by atoms with van der Waals surface area (Å²) < 4.78 is 50.2. The first-order valence-electron chi connectivity index (χ1n) is 22.3. The van der Waals surface area contributed by atoms with E-state index in [1.807, 2.05) is 60.7 Å². The van der Waals surface area contributed by atoms with E-state index in [4.69, 9.17) is 37.3 Å². The van der Waals surface area contributed by atoms with Gasteiger partial charge in [-0.05, 0) is 65.9 Å². The number of carbonyl (C=O) groups is 2. The second kappa shape index (κ2) is 25.4. The van der Waals surface area contributed by atoms with Gasteiger partial charge in [-0.15, -0.1) is 6.58 Å². The van der Waals surface area contributed by atoms with Gasteiger partial charge in [0.15, 0.2) is 22.7 Å². The second-order valence-electron chi connectivity index (χ2n) is 16.9. The summed E-state index contributed by atoms with van der Waals surface area (Å²) in [5.41, 5.74) is 1.37. The predicted molar refractivity (Wildman–Crippen MR) is 245 cm³/mol. The van der Waals surface area contributed by atoms with Crippen LogP contribution >= 0.6 is 0 Å². The van der Waals surface area contributed by atoms with Crippen molar-refractivity contribution in [2.75, 3.05) is 34.7 Å². The number of hydrogen-bond acceptors (Lipinski definition) is 11. The number of ether oxygens (including phenoxy) is 6. The molecule has 1 saturated heterocycles. The Labute approximate surface area is 368 Å². The van der Waals surface area contributed by atoms with Gasteiger partial charge in [-0.2, -0.15) is 0 Å². The number of aliphatic hydroxyl groups is 1. The van der Waals surface area contributed by atoms with E-state index < -0.39 is 76.7 Å². The topological polar surface area (TPSA) is 131 Å². The van der Waals surface area contributed by atoms with Gasteiger partial charge >= 0.3 is 6.09 Å². The van der Waals surface area contributed by atoms with E-state index in [0.29, 0.717) is 19.4 Å². The average molecular weight is 888 g/mol. The quantitative estimate of drug-likeness (QED) is 0.0458. The molecule has 0 aliphatic carbocycles. The van der Waals surface area contributed by atoms with Crippen molar-refractivity contribution in [2.45, 2.75) is 160 Å². The van der Waals surface area contributed by atoms with Crippen LogP contribution in [0.3, 0.4) is 0 Å². The normalized spacial score (nSPS) is 17.9. The third-order valence-electron chi connectivity index (χ3n) is 13.0. The maximum Gasteiger partial charge on any atom is 0.417 e. The first-order chi connectivity index (χ1) is 29.2. The summed E-state index contributed by atoms with van der Waals surface area (Å²) in [5, 5.41) is 12.2. The molecule has 344 valence electrons. The van der Waals surface area contributed by atoms with Crippen LogP contribution in [0.5, 0.6) is 5.75 Å². The van der Waals surface area contributed by atoms with Gasteiger partial charge in [0.1, 0.15) is 19.1 Å². The number of amides is 2. The van der Waals surface area contributed by atoms with E-state index in [9.17, 15) is 14.7 Å². The Hall–Kier alpha value is -2.93. The number of rotatable bonds is 30. The van der Waals surface area contributed by atoms with Crippen LogP contribution in [0.2, 0.25) is 36.3 Å². The van der Waals surface area contributed by atoms with Crippen LogP contribution in [0.1, 0.15) is 79.4 Å². The van der Waals surface area contributed by atoms with Gasteiger partial charge in [0.25, 0.3) is 5.91 Å². The molecule has 61 heavy (non-hydrogen) atoms. The smallest absolute Gasteiger partial charge is 0.417 e. The molecule has 2 aromatic rings. The van der Waals surface area contributed by atoms with Gasteiger partial charge in [0.2, 0.25) is 0 Å². The molecule has 1 aliphatic heterocycles. The number of imide groups is 1. The number of hydrogen-bond donors (Lipinski definition) is 1. The fourth-order valence-electron chi connectivity index (χ4n) is 8.33. The Morgan fingerprint density at radius 2 is 1.46 bits per heavy atom. The summed E-state index contributed by atoms with van der Waals surface area (Å²) in [6.07, 6.45) is -3.10. The molecule has 1 heterocycles. The fourth-order valence-corrected chi connectivity index (χ4v) is 14.1. The molecule has 1 N–H and O–H groups in total. The van der Waals surface area contributed by atoms with Crippen molar-refractivity contribution in [2.24, 2.45) is 5.41 Å². The van der Waals surface area contributed by atoms with Gasteiger partial charge in [-0.1, -0.05) is 104 Å². The molecule has 0 saturated carbocycles. The summed E-state index contributed by atoms with van der Waals surface area (Å²) in [7, 11) is 0.131. The van der Waals surface area contributed by atoms with Gasteiger partial charge < -0.3 is 42.4 Å². The monoisotopic (exact) mass is 888 g/mol. The molecule has 0 radical (unpaired) electrons. The SMILES string of the molecule is C=CC(C)(C)[C@H](OCc1ccc(OC)cc1)[C@H](O[Si](CC)(CC)CC)[C@@H](C[C@H](C[C@@H](O)[C@H](OCOC)C(=O)N1C(=O)OC[C@@H]1Cc1ccccc1)O[Si](CC)(CC)CC)OC. The minimum absolute atomic E-state index is 0.0216. The lowest BCUT2D eigenvalue weighted by molar-refractivity contribution is -0.165. The molecule has 0 unspecified atom stereocenters. The van der Waals surface area contributed by atoms with Crippen LogP contribution < -0.4 is 4.74 Å². The Morgan fingerprint density at radius 3 is 1.98 bits per heavy atom.